The molecule has 1 nitrogen and oxygen atoms in total. The van der Waals surface area contributed by atoms with E-state index in [4.69, 9.17) is 3.07 Å². The summed E-state index contributed by atoms with van der Waals surface area (Å²) in [5.74, 6) is 0. The fraction of sp³-hybridized carbons (Fsp3) is 1.00. The molecule has 0 aromatic rings. The van der Waals surface area contributed by atoms with E-state index in [9.17, 15) is 0 Å². The van der Waals surface area contributed by atoms with Crippen LogP contribution < -0.4 is 0 Å². The van der Waals surface area contributed by atoms with Gasteiger partial charge in [-0.3, -0.25) is 0 Å². The van der Waals surface area contributed by atoms with Gasteiger partial charge < -0.3 is 0 Å². The van der Waals surface area contributed by atoms with Gasteiger partial charge >= 0.3 is 93.1 Å². The van der Waals surface area contributed by atoms with Crippen molar-refractivity contribution in [3.05, 3.63) is 0 Å². The van der Waals surface area contributed by atoms with Gasteiger partial charge in [-0.25, -0.2) is 0 Å². The van der Waals surface area contributed by atoms with Crippen LogP contribution in [0.5, 0.6) is 0 Å². The second kappa shape index (κ2) is 6.12. The number of hydrogen-bond donors (Lipinski definition) is 0. The zero-order valence-electron chi connectivity index (χ0n) is 9.32. The van der Waals surface area contributed by atoms with Crippen molar-refractivity contribution in [2.45, 2.75) is 50.1 Å². The van der Waals surface area contributed by atoms with E-state index in [0.29, 0.717) is 0 Å². The first kappa shape index (κ1) is 13.6. The summed E-state index contributed by atoms with van der Waals surface area (Å²) in [5, 5.41) is 0. The van der Waals surface area contributed by atoms with Crippen molar-refractivity contribution in [3.63, 3.8) is 0 Å². The SMILES string of the molecule is [CH3][Sn]([CH3])[CH2]CC(C)(C)[O][Sn]([CH3])[CH3]. The first-order valence-corrected chi connectivity index (χ1v) is 19.2. The van der Waals surface area contributed by atoms with Gasteiger partial charge in [0.05, 0.1) is 0 Å². The van der Waals surface area contributed by atoms with Crippen LogP contribution >= 0.6 is 0 Å². The van der Waals surface area contributed by atoms with Crippen LogP contribution in [0.2, 0.25) is 24.2 Å². The first-order valence-electron chi connectivity index (χ1n) is 4.62. The van der Waals surface area contributed by atoms with Crippen molar-refractivity contribution in [1.29, 1.82) is 0 Å². The average Bonchev–Trinajstić information content (AvgIpc) is 1.81. The molecule has 0 bridgehead atoms. The average molecular weight is 384 g/mol. The Bertz CT molecular complexity index is 122. The van der Waals surface area contributed by atoms with Crippen LogP contribution in [0, 0.1) is 0 Å². The van der Waals surface area contributed by atoms with E-state index in [1.165, 1.54) is 10.9 Å². The van der Waals surface area contributed by atoms with Gasteiger partial charge in [-0.15, -0.1) is 0 Å². The zero-order chi connectivity index (χ0) is 9.78. The maximum absolute atomic E-state index is 6.02. The quantitative estimate of drug-likeness (QED) is 0.663. The molecule has 0 N–H and O–H groups in total. The monoisotopic (exact) mass is 386 g/mol. The molecule has 3 heteroatoms. The Morgan fingerprint density at radius 1 is 1.08 bits per heavy atom. The Hall–Kier alpha value is 1.56. The summed E-state index contributed by atoms with van der Waals surface area (Å²) in [6.07, 6.45) is 1.29. The Morgan fingerprint density at radius 3 is 1.92 bits per heavy atom. The number of rotatable bonds is 5. The van der Waals surface area contributed by atoms with Crippen molar-refractivity contribution in [2.24, 2.45) is 0 Å². The predicted octanol–water partition coefficient (Wildman–Crippen LogP) is 3.18. The molecule has 0 heterocycles. The molecular weight excluding hydrogens is 362 g/mol. The van der Waals surface area contributed by atoms with E-state index in [1.807, 2.05) is 0 Å². The summed E-state index contributed by atoms with van der Waals surface area (Å²) in [6, 6.07) is 0. The van der Waals surface area contributed by atoms with Crippen molar-refractivity contribution >= 4 is 39.9 Å². The normalized spacial score (nSPS) is 13.0. The molecule has 0 saturated heterocycles. The fourth-order valence-electron chi connectivity index (χ4n) is 1.15. The molecule has 0 rings (SSSR count). The molecule has 0 aliphatic rings. The fourth-order valence-corrected chi connectivity index (χ4v) is 7.75. The Balaban J connectivity index is 3.71. The summed E-state index contributed by atoms with van der Waals surface area (Å²) in [5.41, 5.74) is 0.191. The van der Waals surface area contributed by atoms with E-state index in [1.54, 1.807) is 0 Å². The summed E-state index contributed by atoms with van der Waals surface area (Å²) in [7, 11) is 0. The van der Waals surface area contributed by atoms with E-state index in [2.05, 4.69) is 33.6 Å². The van der Waals surface area contributed by atoms with Crippen LogP contribution in [-0.4, -0.2) is 45.5 Å². The topological polar surface area (TPSA) is 9.23 Å². The minimum absolute atomic E-state index is 0.191. The second-order valence-corrected chi connectivity index (χ2v) is 18.6. The van der Waals surface area contributed by atoms with Gasteiger partial charge in [0.1, 0.15) is 0 Å². The van der Waals surface area contributed by atoms with Gasteiger partial charge in [0.15, 0.2) is 0 Å². The molecule has 0 aliphatic heterocycles. The Morgan fingerprint density at radius 2 is 1.58 bits per heavy atom. The molecule has 0 fully saturated rings. The van der Waals surface area contributed by atoms with Crippen molar-refractivity contribution < 1.29 is 3.07 Å². The molecule has 0 aliphatic carbocycles. The predicted molar refractivity (Wildman–Crippen MR) is 59.6 cm³/mol. The molecular formula is C9H22OSn2. The molecule has 2 radical (unpaired) electrons. The molecule has 12 heavy (non-hydrogen) atoms. The van der Waals surface area contributed by atoms with E-state index < -0.39 is 39.9 Å². The van der Waals surface area contributed by atoms with Crippen LogP contribution in [0.3, 0.4) is 0 Å². The molecule has 0 atom stereocenters. The molecule has 0 spiro atoms. The third kappa shape index (κ3) is 8.17. The first-order chi connectivity index (χ1) is 5.33. The van der Waals surface area contributed by atoms with Crippen LogP contribution in [0.15, 0.2) is 0 Å². The van der Waals surface area contributed by atoms with Crippen molar-refractivity contribution in [1.82, 2.24) is 0 Å². The molecule has 0 amide bonds. The molecule has 0 aromatic heterocycles. The summed E-state index contributed by atoms with van der Waals surface area (Å²) in [4.78, 5) is 9.55. The second-order valence-electron chi connectivity index (χ2n) is 4.48. The molecule has 0 unspecified atom stereocenters. The minimum atomic E-state index is -1.34. The van der Waals surface area contributed by atoms with E-state index in [-0.39, 0.29) is 5.60 Å². The zero-order valence-corrected chi connectivity index (χ0v) is 15.0. The molecule has 0 aromatic carbocycles. The maximum atomic E-state index is 6.02. The van der Waals surface area contributed by atoms with Crippen molar-refractivity contribution in [3.8, 4) is 0 Å². The van der Waals surface area contributed by atoms with Gasteiger partial charge in [0, 0.05) is 0 Å². The van der Waals surface area contributed by atoms with Crippen LogP contribution in [0.4, 0.5) is 0 Å². The van der Waals surface area contributed by atoms with Gasteiger partial charge in [0.2, 0.25) is 0 Å². The Kier molecular flexibility index (Phi) is 6.91. The van der Waals surface area contributed by atoms with Crippen molar-refractivity contribution in [2.75, 3.05) is 0 Å². The third-order valence-electron chi connectivity index (χ3n) is 1.71. The third-order valence-corrected chi connectivity index (χ3v) is 8.02. The number of hydrogen-bond acceptors (Lipinski definition) is 1. The van der Waals surface area contributed by atoms with Gasteiger partial charge in [0.25, 0.3) is 0 Å². The van der Waals surface area contributed by atoms with Gasteiger partial charge in [-0.1, -0.05) is 0 Å². The molecule has 0 saturated carbocycles. The van der Waals surface area contributed by atoms with Gasteiger partial charge in [-0.05, 0) is 0 Å². The van der Waals surface area contributed by atoms with E-state index >= 15 is 0 Å². The van der Waals surface area contributed by atoms with Gasteiger partial charge in [-0.2, -0.15) is 0 Å². The standard InChI is InChI=1S/C5H10O.4CH3.2Sn/c1-4-5(2,3)6;;;;;;/h1,4H2,2-3H3;4*1H3;;/q-1;;;;;;+1. The Labute approximate surface area is 92.3 Å². The van der Waals surface area contributed by atoms with E-state index in [0.717, 1.165) is 0 Å². The van der Waals surface area contributed by atoms with Crippen LogP contribution in [-0.2, 0) is 3.07 Å². The molecule has 72 valence electrons. The summed E-state index contributed by atoms with van der Waals surface area (Å²) >= 11 is -2.20. The van der Waals surface area contributed by atoms with Crippen LogP contribution in [0.25, 0.3) is 0 Å². The van der Waals surface area contributed by atoms with Crippen LogP contribution in [0.1, 0.15) is 20.3 Å². The summed E-state index contributed by atoms with van der Waals surface area (Å²) < 4.78 is 7.49. The summed E-state index contributed by atoms with van der Waals surface area (Å²) in [6.45, 7) is 4.51.